The number of benzene rings is 1. The van der Waals surface area contributed by atoms with Crippen molar-refractivity contribution in [2.75, 3.05) is 7.11 Å². The molecule has 0 heterocycles. The Morgan fingerprint density at radius 1 is 1.46 bits per heavy atom. The summed E-state index contributed by atoms with van der Waals surface area (Å²) in [6.45, 7) is 0. The minimum Gasteiger partial charge on any atom is -0.497 e. The van der Waals surface area contributed by atoms with Gasteiger partial charge in [0.05, 0.1) is 7.11 Å². The molecule has 0 saturated carbocycles. The first kappa shape index (κ1) is 8.32. The van der Waals surface area contributed by atoms with Crippen LogP contribution < -0.4 is 4.74 Å². The van der Waals surface area contributed by atoms with Crippen molar-refractivity contribution in [1.82, 2.24) is 0 Å². The Labute approximate surface area is 77.5 Å². The third-order valence-corrected chi connectivity index (χ3v) is 2.39. The number of hydrogen-bond acceptors (Lipinski definition) is 2. The number of hydrogen-bond donors (Lipinski definition) is 1. The molecule has 2 nitrogen and oxygen atoms in total. The van der Waals surface area contributed by atoms with Gasteiger partial charge in [-0.2, -0.15) is 0 Å². The molecule has 0 aromatic heterocycles. The van der Waals surface area contributed by atoms with Crippen molar-refractivity contribution in [3.8, 4) is 5.75 Å². The van der Waals surface area contributed by atoms with E-state index in [-0.39, 0.29) is 0 Å². The van der Waals surface area contributed by atoms with Crippen LogP contribution in [0.15, 0.2) is 36.4 Å². The van der Waals surface area contributed by atoms with Crippen LogP contribution in [0.5, 0.6) is 5.75 Å². The largest absolute Gasteiger partial charge is 0.497 e. The summed E-state index contributed by atoms with van der Waals surface area (Å²) in [5, 5.41) is 9.96. The highest BCUT2D eigenvalue weighted by Gasteiger charge is 2.30. The average Bonchev–Trinajstić information content (AvgIpc) is 2.14. The third kappa shape index (κ3) is 1.33. The lowest BCUT2D eigenvalue weighted by molar-refractivity contribution is 0.0748. The lowest BCUT2D eigenvalue weighted by Crippen LogP contribution is -2.27. The van der Waals surface area contributed by atoms with E-state index < -0.39 is 5.60 Å². The zero-order chi connectivity index (χ0) is 9.31. The van der Waals surface area contributed by atoms with Crippen molar-refractivity contribution in [3.63, 3.8) is 0 Å². The molecule has 0 fully saturated rings. The SMILES string of the molecule is COc1cccc(C2(O)C=CC2)c1. The molecule has 0 radical (unpaired) electrons. The highest BCUT2D eigenvalue weighted by atomic mass is 16.5. The summed E-state index contributed by atoms with van der Waals surface area (Å²) < 4.78 is 5.08. The molecule has 1 aromatic carbocycles. The fraction of sp³-hybridized carbons (Fsp3) is 0.273. The molecular formula is C11H12O2. The molecule has 68 valence electrons. The first-order valence-corrected chi connectivity index (χ1v) is 4.29. The summed E-state index contributed by atoms with van der Waals surface area (Å²) in [6, 6.07) is 7.53. The minimum absolute atomic E-state index is 0.695. The van der Waals surface area contributed by atoms with Crippen LogP contribution in [0.25, 0.3) is 0 Å². The highest BCUT2D eigenvalue weighted by Crippen LogP contribution is 2.35. The Hall–Kier alpha value is -1.28. The van der Waals surface area contributed by atoms with Crippen LogP contribution in [-0.2, 0) is 5.60 Å². The van der Waals surface area contributed by atoms with E-state index in [0.29, 0.717) is 6.42 Å². The van der Waals surface area contributed by atoms with Crippen molar-refractivity contribution in [1.29, 1.82) is 0 Å². The van der Waals surface area contributed by atoms with Gasteiger partial charge < -0.3 is 9.84 Å². The van der Waals surface area contributed by atoms with E-state index in [1.54, 1.807) is 7.11 Å². The molecule has 0 amide bonds. The van der Waals surface area contributed by atoms with E-state index in [9.17, 15) is 5.11 Å². The van der Waals surface area contributed by atoms with E-state index >= 15 is 0 Å². The second-order valence-corrected chi connectivity index (χ2v) is 3.26. The molecule has 2 rings (SSSR count). The molecule has 1 aliphatic rings. The van der Waals surface area contributed by atoms with E-state index in [1.807, 2.05) is 36.4 Å². The van der Waals surface area contributed by atoms with Crippen LogP contribution in [-0.4, -0.2) is 12.2 Å². The molecule has 13 heavy (non-hydrogen) atoms. The van der Waals surface area contributed by atoms with Crippen molar-refractivity contribution in [2.45, 2.75) is 12.0 Å². The summed E-state index contributed by atoms with van der Waals surface area (Å²) >= 11 is 0. The monoisotopic (exact) mass is 176 g/mol. The maximum absolute atomic E-state index is 9.96. The molecule has 0 aliphatic heterocycles. The summed E-state index contributed by atoms with van der Waals surface area (Å²) in [4.78, 5) is 0. The predicted octanol–water partition coefficient (Wildman–Crippen LogP) is 1.84. The first-order chi connectivity index (χ1) is 6.24. The summed E-state index contributed by atoms with van der Waals surface area (Å²) in [5.74, 6) is 0.784. The van der Waals surface area contributed by atoms with Gasteiger partial charge in [-0.3, -0.25) is 0 Å². The van der Waals surface area contributed by atoms with Gasteiger partial charge in [-0.05, 0) is 17.7 Å². The first-order valence-electron chi connectivity index (χ1n) is 4.29. The van der Waals surface area contributed by atoms with Crippen molar-refractivity contribution in [3.05, 3.63) is 42.0 Å². The standard InChI is InChI=1S/C11H12O2/c1-13-10-5-2-4-9(8-10)11(12)6-3-7-11/h2-6,8,12H,7H2,1H3. The smallest absolute Gasteiger partial charge is 0.119 e. The molecule has 1 atom stereocenters. The predicted molar refractivity (Wildman–Crippen MR) is 50.6 cm³/mol. The quantitative estimate of drug-likeness (QED) is 0.697. The second kappa shape index (κ2) is 2.89. The fourth-order valence-electron chi connectivity index (χ4n) is 1.45. The molecule has 1 unspecified atom stereocenters. The van der Waals surface area contributed by atoms with Gasteiger partial charge in [0.15, 0.2) is 0 Å². The van der Waals surface area contributed by atoms with Gasteiger partial charge in [0, 0.05) is 6.42 Å². The summed E-state index contributed by atoms with van der Waals surface area (Å²) in [7, 11) is 1.62. The highest BCUT2D eigenvalue weighted by molar-refractivity contribution is 5.38. The topological polar surface area (TPSA) is 29.5 Å². The van der Waals surface area contributed by atoms with Crippen molar-refractivity contribution < 1.29 is 9.84 Å². The Morgan fingerprint density at radius 3 is 2.77 bits per heavy atom. The van der Waals surface area contributed by atoms with Crippen LogP contribution >= 0.6 is 0 Å². The number of aliphatic hydroxyl groups is 1. The zero-order valence-corrected chi connectivity index (χ0v) is 7.53. The Morgan fingerprint density at radius 2 is 2.23 bits per heavy atom. The van der Waals surface area contributed by atoms with Crippen LogP contribution in [0, 0.1) is 0 Å². The lowest BCUT2D eigenvalue weighted by atomic mass is 9.83. The summed E-state index contributed by atoms with van der Waals surface area (Å²) in [5.41, 5.74) is 0.142. The number of methoxy groups -OCH3 is 1. The van der Waals surface area contributed by atoms with Gasteiger partial charge in [-0.1, -0.05) is 24.3 Å². The molecule has 2 heteroatoms. The molecule has 1 N–H and O–H groups in total. The Kier molecular flexibility index (Phi) is 1.85. The third-order valence-electron chi connectivity index (χ3n) is 2.39. The average molecular weight is 176 g/mol. The van der Waals surface area contributed by atoms with Gasteiger partial charge in [-0.15, -0.1) is 0 Å². The fourth-order valence-corrected chi connectivity index (χ4v) is 1.45. The minimum atomic E-state index is -0.755. The maximum Gasteiger partial charge on any atom is 0.119 e. The molecule has 1 aromatic rings. The molecule has 0 spiro atoms. The zero-order valence-electron chi connectivity index (χ0n) is 7.53. The second-order valence-electron chi connectivity index (χ2n) is 3.26. The van der Waals surface area contributed by atoms with Gasteiger partial charge in [0.1, 0.15) is 11.4 Å². The Balaban J connectivity index is 2.35. The van der Waals surface area contributed by atoms with Crippen molar-refractivity contribution >= 4 is 0 Å². The lowest BCUT2D eigenvalue weighted by Gasteiger charge is -2.30. The van der Waals surface area contributed by atoms with E-state index in [2.05, 4.69) is 0 Å². The molecule has 1 aliphatic carbocycles. The molecular weight excluding hydrogens is 164 g/mol. The van der Waals surface area contributed by atoms with Crippen LogP contribution in [0.1, 0.15) is 12.0 Å². The Bertz CT molecular complexity index is 344. The van der Waals surface area contributed by atoms with Crippen LogP contribution in [0.2, 0.25) is 0 Å². The van der Waals surface area contributed by atoms with E-state index in [4.69, 9.17) is 4.74 Å². The van der Waals surface area contributed by atoms with Crippen LogP contribution in [0.4, 0.5) is 0 Å². The van der Waals surface area contributed by atoms with Crippen molar-refractivity contribution in [2.24, 2.45) is 0 Å². The number of ether oxygens (including phenoxy) is 1. The number of rotatable bonds is 2. The van der Waals surface area contributed by atoms with Gasteiger partial charge >= 0.3 is 0 Å². The van der Waals surface area contributed by atoms with E-state index in [0.717, 1.165) is 11.3 Å². The summed E-state index contributed by atoms with van der Waals surface area (Å²) in [6.07, 6.45) is 4.46. The normalized spacial score (nSPS) is 25.4. The van der Waals surface area contributed by atoms with E-state index in [1.165, 1.54) is 0 Å². The van der Waals surface area contributed by atoms with Gasteiger partial charge in [0.2, 0.25) is 0 Å². The van der Waals surface area contributed by atoms with Gasteiger partial charge in [0.25, 0.3) is 0 Å². The van der Waals surface area contributed by atoms with Gasteiger partial charge in [-0.25, -0.2) is 0 Å². The maximum atomic E-state index is 9.96. The van der Waals surface area contributed by atoms with Crippen LogP contribution in [0.3, 0.4) is 0 Å². The molecule has 0 saturated heterocycles. The molecule has 0 bridgehead atoms.